The fraction of sp³-hybridized carbons (Fsp3) is 0.0435. The standard InChI is InChI=1S/C23H16BrN3O3/c1-15-5-4-7-17(13-15)22-25-20(14-16-6-2-3-8-21(16)27(29)30)23(28)26(22)19-11-9-18(24)10-12-19/h2-14H,1H3/b20-14+. The second-order valence-corrected chi connectivity index (χ2v) is 7.68. The number of amides is 1. The normalized spacial score (nSPS) is 14.9. The number of aliphatic imine (C=N–C) groups is 1. The third kappa shape index (κ3) is 3.79. The summed E-state index contributed by atoms with van der Waals surface area (Å²) < 4.78 is 0.891. The molecule has 0 spiro atoms. The fourth-order valence-electron chi connectivity index (χ4n) is 3.25. The van der Waals surface area contributed by atoms with E-state index in [4.69, 9.17) is 0 Å². The first-order chi connectivity index (χ1) is 14.4. The Morgan fingerprint density at radius 3 is 2.47 bits per heavy atom. The zero-order chi connectivity index (χ0) is 21.3. The third-order valence-electron chi connectivity index (χ3n) is 4.65. The van der Waals surface area contributed by atoms with E-state index < -0.39 is 4.92 Å². The van der Waals surface area contributed by atoms with Gasteiger partial charge in [-0.3, -0.25) is 19.8 Å². The lowest BCUT2D eigenvalue weighted by molar-refractivity contribution is -0.385. The van der Waals surface area contributed by atoms with Crippen LogP contribution in [0.25, 0.3) is 6.08 Å². The van der Waals surface area contributed by atoms with E-state index in [9.17, 15) is 14.9 Å². The molecule has 0 saturated heterocycles. The molecule has 0 radical (unpaired) electrons. The number of nitro groups is 1. The van der Waals surface area contributed by atoms with Crippen molar-refractivity contribution in [3.8, 4) is 0 Å². The monoisotopic (exact) mass is 461 g/mol. The molecule has 1 heterocycles. The predicted molar refractivity (Wildman–Crippen MR) is 120 cm³/mol. The minimum atomic E-state index is -0.469. The summed E-state index contributed by atoms with van der Waals surface area (Å²) in [5.74, 6) is 0.142. The summed E-state index contributed by atoms with van der Waals surface area (Å²) in [4.78, 5) is 30.3. The first-order valence-electron chi connectivity index (χ1n) is 9.15. The Labute approximate surface area is 181 Å². The number of hydrogen-bond acceptors (Lipinski definition) is 4. The number of nitro benzene ring substituents is 1. The number of aryl methyl sites for hydroxylation is 1. The van der Waals surface area contributed by atoms with E-state index in [-0.39, 0.29) is 17.3 Å². The second kappa shape index (κ2) is 8.04. The molecule has 0 N–H and O–H groups in total. The van der Waals surface area contributed by atoms with Crippen LogP contribution in [0.3, 0.4) is 0 Å². The highest BCUT2D eigenvalue weighted by molar-refractivity contribution is 9.10. The molecule has 7 heteroatoms. The van der Waals surface area contributed by atoms with Crippen molar-refractivity contribution < 1.29 is 9.72 Å². The lowest BCUT2D eigenvalue weighted by Crippen LogP contribution is -2.32. The van der Waals surface area contributed by atoms with Crippen molar-refractivity contribution in [1.82, 2.24) is 0 Å². The predicted octanol–water partition coefficient (Wildman–Crippen LogP) is 5.50. The van der Waals surface area contributed by atoms with Crippen molar-refractivity contribution >= 4 is 45.1 Å². The zero-order valence-corrected chi connectivity index (χ0v) is 17.5. The smallest absolute Gasteiger partial charge is 0.266 e. The van der Waals surface area contributed by atoms with Gasteiger partial charge < -0.3 is 0 Å². The van der Waals surface area contributed by atoms with Gasteiger partial charge in [0.15, 0.2) is 0 Å². The first-order valence-corrected chi connectivity index (χ1v) is 9.94. The Balaban J connectivity index is 1.86. The Bertz CT molecular complexity index is 1220. The van der Waals surface area contributed by atoms with E-state index >= 15 is 0 Å². The molecule has 4 rings (SSSR count). The van der Waals surface area contributed by atoms with E-state index in [1.54, 1.807) is 18.2 Å². The molecule has 30 heavy (non-hydrogen) atoms. The number of anilines is 1. The van der Waals surface area contributed by atoms with Gasteiger partial charge in [-0.2, -0.15) is 0 Å². The van der Waals surface area contributed by atoms with Crippen LogP contribution in [0.1, 0.15) is 16.7 Å². The summed E-state index contributed by atoms with van der Waals surface area (Å²) in [6, 6.07) is 21.3. The number of carbonyl (C=O) groups is 1. The zero-order valence-electron chi connectivity index (χ0n) is 15.9. The Morgan fingerprint density at radius 2 is 1.77 bits per heavy atom. The van der Waals surface area contributed by atoms with Crippen molar-refractivity contribution in [3.05, 3.63) is 110 Å². The summed E-state index contributed by atoms with van der Waals surface area (Å²) in [5, 5.41) is 11.4. The maximum Gasteiger partial charge on any atom is 0.282 e. The van der Waals surface area contributed by atoms with E-state index in [0.717, 1.165) is 15.6 Å². The molecule has 1 aliphatic heterocycles. The summed E-state index contributed by atoms with van der Waals surface area (Å²) in [7, 11) is 0. The van der Waals surface area contributed by atoms with E-state index in [1.165, 1.54) is 17.0 Å². The van der Waals surface area contributed by atoms with Gasteiger partial charge >= 0.3 is 0 Å². The number of benzene rings is 3. The lowest BCUT2D eigenvalue weighted by Gasteiger charge is -2.19. The van der Waals surface area contributed by atoms with Gasteiger partial charge in [-0.15, -0.1) is 0 Å². The molecule has 3 aromatic carbocycles. The highest BCUT2D eigenvalue weighted by Gasteiger charge is 2.33. The molecule has 1 aliphatic rings. The number of amidine groups is 1. The second-order valence-electron chi connectivity index (χ2n) is 6.77. The molecular formula is C23H16BrN3O3. The Kier molecular flexibility index (Phi) is 5.29. The van der Waals surface area contributed by atoms with Gasteiger partial charge in [0.25, 0.3) is 11.6 Å². The molecule has 3 aromatic rings. The van der Waals surface area contributed by atoms with Gasteiger partial charge in [-0.25, -0.2) is 4.99 Å². The lowest BCUT2D eigenvalue weighted by atomic mass is 10.1. The number of halogens is 1. The Hall–Kier alpha value is -3.58. The number of rotatable bonds is 4. The van der Waals surface area contributed by atoms with E-state index in [0.29, 0.717) is 17.1 Å². The number of carbonyl (C=O) groups excluding carboxylic acids is 1. The average molecular weight is 462 g/mol. The topological polar surface area (TPSA) is 75.8 Å². The maximum absolute atomic E-state index is 13.3. The van der Waals surface area contributed by atoms with Crippen LogP contribution in [0.2, 0.25) is 0 Å². The number of nitrogens with zero attached hydrogens (tertiary/aromatic N) is 3. The maximum atomic E-state index is 13.3. The van der Waals surface area contributed by atoms with Crippen LogP contribution in [-0.4, -0.2) is 16.7 Å². The molecule has 6 nitrogen and oxygen atoms in total. The SMILES string of the molecule is Cc1cccc(C2=N/C(=C/c3ccccc3[N+](=O)[O-])C(=O)N2c2ccc(Br)cc2)c1. The third-order valence-corrected chi connectivity index (χ3v) is 5.18. The average Bonchev–Trinajstić information content (AvgIpc) is 3.05. The summed E-state index contributed by atoms with van der Waals surface area (Å²) >= 11 is 3.41. The first kappa shape index (κ1) is 19.7. The minimum absolute atomic E-state index is 0.0767. The van der Waals surface area contributed by atoms with Gasteiger partial charge in [0.2, 0.25) is 0 Å². The molecule has 0 aliphatic carbocycles. The highest BCUT2D eigenvalue weighted by Crippen LogP contribution is 2.30. The highest BCUT2D eigenvalue weighted by atomic mass is 79.9. The number of hydrogen-bond donors (Lipinski definition) is 0. The van der Waals surface area contributed by atoms with Crippen LogP contribution in [0.5, 0.6) is 0 Å². The van der Waals surface area contributed by atoms with Gasteiger partial charge in [0, 0.05) is 16.1 Å². The minimum Gasteiger partial charge on any atom is -0.266 e. The molecule has 0 unspecified atom stereocenters. The molecule has 0 aromatic heterocycles. The number of para-hydroxylation sites is 1. The van der Waals surface area contributed by atoms with Crippen LogP contribution in [0.4, 0.5) is 11.4 Å². The van der Waals surface area contributed by atoms with Gasteiger partial charge in [-0.05, 0) is 49.4 Å². The van der Waals surface area contributed by atoms with Crippen LogP contribution in [0, 0.1) is 17.0 Å². The van der Waals surface area contributed by atoms with Crippen LogP contribution in [0.15, 0.2) is 88.0 Å². The van der Waals surface area contributed by atoms with Crippen molar-refractivity contribution in [1.29, 1.82) is 0 Å². The Morgan fingerprint density at radius 1 is 1.03 bits per heavy atom. The van der Waals surface area contributed by atoms with E-state index in [2.05, 4.69) is 20.9 Å². The molecule has 0 bridgehead atoms. The molecular weight excluding hydrogens is 446 g/mol. The van der Waals surface area contributed by atoms with Crippen molar-refractivity contribution in [2.45, 2.75) is 6.92 Å². The summed E-state index contributed by atoms with van der Waals surface area (Å²) in [5.41, 5.74) is 2.88. The van der Waals surface area contributed by atoms with Crippen molar-refractivity contribution in [3.63, 3.8) is 0 Å². The fourth-order valence-corrected chi connectivity index (χ4v) is 3.51. The van der Waals surface area contributed by atoms with Crippen molar-refractivity contribution in [2.75, 3.05) is 4.90 Å². The summed E-state index contributed by atoms with van der Waals surface area (Å²) in [6.07, 6.45) is 1.47. The molecule has 0 saturated carbocycles. The van der Waals surface area contributed by atoms with Gasteiger partial charge in [0.05, 0.1) is 16.2 Å². The van der Waals surface area contributed by atoms with Gasteiger partial charge in [-0.1, -0.05) is 51.8 Å². The van der Waals surface area contributed by atoms with Gasteiger partial charge in [0.1, 0.15) is 11.5 Å². The van der Waals surface area contributed by atoms with Crippen LogP contribution < -0.4 is 4.90 Å². The van der Waals surface area contributed by atoms with E-state index in [1.807, 2.05) is 55.5 Å². The molecule has 0 atom stereocenters. The largest absolute Gasteiger partial charge is 0.282 e. The molecule has 148 valence electrons. The van der Waals surface area contributed by atoms with Crippen molar-refractivity contribution in [2.24, 2.45) is 4.99 Å². The molecule has 0 fully saturated rings. The van der Waals surface area contributed by atoms with Crippen LogP contribution in [-0.2, 0) is 4.79 Å². The summed E-state index contributed by atoms with van der Waals surface area (Å²) in [6.45, 7) is 1.97. The van der Waals surface area contributed by atoms with Crippen LogP contribution >= 0.6 is 15.9 Å². The quantitative estimate of drug-likeness (QED) is 0.292. The molecule has 1 amide bonds.